The lowest BCUT2D eigenvalue weighted by Gasteiger charge is -2.06. The average molecular weight is 340 g/mol. The molecule has 0 amide bonds. The lowest BCUT2D eigenvalue weighted by atomic mass is 10.1. The van der Waals surface area contributed by atoms with Crippen LogP contribution < -0.4 is 4.74 Å². The average Bonchev–Trinajstić information content (AvgIpc) is 3.05. The molecule has 0 saturated carbocycles. The Bertz CT molecular complexity index is 715. The van der Waals surface area contributed by atoms with E-state index in [1.165, 1.54) is 36.8 Å². The van der Waals surface area contributed by atoms with Crippen molar-refractivity contribution in [2.75, 3.05) is 6.61 Å². The van der Waals surface area contributed by atoms with Crippen LogP contribution in [-0.2, 0) is 0 Å². The van der Waals surface area contributed by atoms with Crippen molar-refractivity contribution in [2.24, 2.45) is 0 Å². The number of hydrogen-bond acceptors (Lipinski definition) is 3. The molecule has 0 bridgehead atoms. The van der Waals surface area contributed by atoms with Crippen LogP contribution in [-0.4, -0.2) is 11.6 Å². The Morgan fingerprint density at radius 2 is 1.62 bits per heavy atom. The third kappa shape index (κ3) is 4.57. The molecule has 0 aliphatic heterocycles. The molecular weight excluding hydrogens is 314 g/mol. The van der Waals surface area contributed by atoms with Crippen LogP contribution in [0, 0.1) is 0 Å². The summed E-state index contributed by atoms with van der Waals surface area (Å²) in [6.07, 6.45) is 7.75. The number of fused-ring (bicyclic) bond motifs is 1. The van der Waals surface area contributed by atoms with Gasteiger partial charge in [0.2, 0.25) is 0 Å². The Morgan fingerprint density at radius 3 is 2.42 bits per heavy atom. The van der Waals surface area contributed by atoms with Gasteiger partial charge in [0.1, 0.15) is 10.8 Å². The van der Waals surface area contributed by atoms with Gasteiger partial charge in [-0.05, 0) is 42.8 Å². The van der Waals surface area contributed by atoms with Gasteiger partial charge in [-0.1, -0.05) is 51.2 Å². The van der Waals surface area contributed by atoms with Gasteiger partial charge in [-0.25, -0.2) is 4.98 Å². The molecule has 0 N–H and O–H groups in total. The summed E-state index contributed by atoms with van der Waals surface area (Å²) in [4.78, 5) is 4.70. The number of thiazole rings is 1. The molecule has 0 saturated heterocycles. The minimum Gasteiger partial charge on any atom is -0.494 e. The normalized spacial score (nSPS) is 11.0. The van der Waals surface area contributed by atoms with Crippen molar-refractivity contribution in [2.45, 2.75) is 45.4 Å². The van der Waals surface area contributed by atoms with Crippen molar-refractivity contribution in [1.29, 1.82) is 0 Å². The van der Waals surface area contributed by atoms with E-state index < -0.39 is 0 Å². The van der Waals surface area contributed by atoms with E-state index in [4.69, 9.17) is 9.72 Å². The van der Waals surface area contributed by atoms with E-state index in [1.54, 1.807) is 11.3 Å². The zero-order valence-electron chi connectivity index (χ0n) is 14.3. The number of aromatic nitrogens is 1. The van der Waals surface area contributed by atoms with Crippen molar-refractivity contribution < 1.29 is 4.74 Å². The fourth-order valence-electron chi connectivity index (χ4n) is 2.76. The van der Waals surface area contributed by atoms with Crippen LogP contribution in [0.1, 0.15) is 45.4 Å². The Labute approximate surface area is 148 Å². The maximum Gasteiger partial charge on any atom is 0.124 e. The van der Waals surface area contributed by atoms with Gasteiger partial charge >= 0.3 is 0 Å². The number of rotatable bonds is 9. The Balaban J connectivity index is 1.50. The molecule has 0 fully saturated rings. The summed E-state index contributed by atoms with van der Waals surface area (Å²) in [5.41, 5.74) is 2.23. The van der Waals surface area contributed by atoms with Crippen LogP contribution in [0.4, 0.5) is 0 Å². The van der Waals surface area contributed by atoms with Gasteiger partial charge in [-0.15, -0.1) is 11.3 Å². The monoisotopic (exact) mass is 339 g/mol. The van der Waals surface area contributed by atoms with Gasteiger partial charge in [-0.3, -0.25) is 0 Å². The van der Waals surface area contributed by atoms with E-state index in [0.29, 0.717) is 0 Å². The Kier molecular flexibility index (Phi) is 6.25. The number of hydrogen-bond donors (Lipinski definition) is 0. The van der Waals surface area contributed by atoms with Crippen molar-refractivity contribution >= 4 is 21.6 Å². The minimum absolute atomic E-state index is 0.812. The van der Waals surface area contributed by atoms with Gasteiger partial charge in [0.05, 0.1) is 16.8 Å². The molecule has 24 heavy (non-hydrogen) atoms. The molecule has 0 unspecified atom stereocenters. The van der Waals surface area contributed by atoms with Gasteiger partial charge < -0.3 is 4.74 Å². The molecule has 0 atom stereocenters. The zero-order valence-corrected chi connectivity index (χ0v) is 15.1. The van der Waals surface area contributed by atoms with E-state index in [0.717, 1.165) is 34.9 Å². The highest BCUT2D eigenvalue weighted by atomic mass is 32.1. The summed E-state index contributed by atoms with van der Waals surface area (Å²) in [6.45, 7) is 3.06. The number of unbranched alkanes of at least 4 members (excludes halogenated alkanes) is 5. The maximum absolute atomic E-state index is 5.85. The highest BCUT2D eigenvalue weighted by molar-refractivity contribution is 7.21. The topological polar surface area (TPSA) is 22.1 Å². The highest BCUT2D eigenvalue weighted by Gasteiger charge is 2.05. The molecule has 1 heterocycles. The van der Waals surface area contributed by atoms with E-state index in [2.05, 4.69) is 49.4 Å². The molecule has 0 aliphatic carbocycles. The summed E-state index contributed by atoms with van der Waals surface area (Å²) >= 11 is 1.74. The second kappa shape index (κ2) is 8.84. The number of ether oxygens (including phenoxy) is 1. The first-order valence-electron chi connectivity index (χ1n) is 8.95. The summed E-state index contributed by atoms with van der Waals surface area (Å²) < 4.78 is 7.08. The summed E-state index contributed by atoms with van der Waals surface area (Å²) in [5, 5.41) is 1.07. The second-order valence-corrected chi connectivity index (χ2v) is 7.16. The first-order chi connectivity index (χ1) is 11.9. The van der Waals surface area contributed by atoms with Crippen LogP contribution in [0.2, 0.25) is 0 Å². The predicted octanol–water partition coefficient (Wildman–Crippen LogP) is 6.70. The highest BCUT2D eigenvalue weighted by Crippen LogP contribution is 2.30. The molecule has 0 spiro atoms. The first-order valence-corrected chi connectivity index (χ1v) is 9.77. The third-order valence-electron chi connectivity index (χ3n) is 4.16. The van der Waals surface area contributed by atoms with Gasteiger partial charge in [0.15, 0.2) is 0 Å². The molecule has 2 nitrogen and oxygen atoms in total. The lowest BCUT2D eigenvalue weighted by molar-refractivity contribution is 0.304. The van der Waals surface area contributed by atoms with Gasteiger partial charge in [0, 0.05) is 5.56 Å². The molecule has 0 aliphatic rings. The third-order valence-corrected chi connectivity index (χ3v) is 5.25. The predicted molar refractivity (Wildman–Crippen MR) is 104 cm³/mol. The van der Waals surface area contributed by atoms with Crippen LogP contribution in [0.15, 0.2) is 48.5 Å². The molecule has 3 rings (SSSR count). The fourth-order valence-corrected chi connectivity index (χ4v) is 3.73. The van der Waals surface area contributed by atoms with E-state index in [1.807, 2.05) is 6.07 Å². The van der Waals surface area contributed by atoms with Crippen LogP contribution in [0.5, 0.6) is 5.75 Å². The van der Waals surface area contributed by atoms with Crippen molar-refractivity contribution in [3.63, 3.8) is 0 Å². The lowest BCUT2D eigenvalue weighted by Crippen LogP contribution is -1.97. The van der Waals surface area contributed by atoms with Gasteiger partial charge in [0.25, 0.3) is 0 Å². The molecule has 1 aromatic heterocycles. The Hall–Kier alpha value is -1.87. The molecular formula is C21H25NOS. The quantitative estimate of drug-likeness (QED) is 0.404. The number of para-hydroxylation sites is 1. The van der Waals surface area contributed by atoms with Crippen molar-refractivity contribution in [1.82, 2.24) is 4.98 Å². The van der Waals surface area contributed by atoms with E-state index in [9.17, 15) is 0 Å². The summed E-state index contributed by atoms with van der Waals surface area (Å²) in [7, 11) is 0. The molecule has 0 radical (unpaired) electrons. The van der Waals surface area contributed by atoms with Crippen molar-refractivity contribution in [3.8, 4) is 16.3 Å². The minimum atomic E-state index is 0.812. The zero-order chi connectivity index (χ0) is 16.6. The van der Waals surface area contributed by atoms with Crippen LogP contribution >= 0.6 is 11.3 Å². The molecule has 2 aromatic carbocycles. The molecule has 126 valence electrons. The van der Waals surface area contributed by atoms with Crippen LogP contribution in [0.25, 0.3) is 20.8 Å². The molecule has 3 heteroatoms. The Morgan fingerprint density at radius 1 is 0.875 bits per heavy atom. The SMILES string of the molecule is CCCCCCCCOc1ccc(-c2nc3ccccc3s2)cc1. The number of benzene rings is 2. The summed E-state index contributed by atoms with van der Waals surface area (Å²) in [6, 6.07) is 16.6. The van der Waals surface area contributed by atoms with Crippen molar-refractivity contribution in [3.05, 3.63) is 48.5 Å². The van der Waals surface area contributed by atoms with E-state index >= 15 is 0 Å². The van der Waals surface area contributed by atoms with Gasteiger partial charge in [-0.2, -0.15) is 0 Å². The second-order valence-electron chi connectivity index (χ2n) is 6.13. The largest absolute Gasteiger partial charge is 0.494 e. The fraction of sp³-hybridized carbons (Fsp3) is 0.381. The first kappa shape index (κ1) is 17.0. The standard InChI is InChI=1S/C21H25NOS/c1-2-3-4-5-6-9-16-23-18-14-12-17(13-15-18)21-22-19-10-7-8-11-20(19)24-21/h7-8,10-15H,2-6,9,16H2,1H3. The summed E-state index contributed by atoms with van der Waals surface area (Å²) in [5.74, 6) is 0.952. The van der Waals surface area contributed by atoms with Crippen LogP contribution in [0.3, 0.4) is 0 Å². The maximum atomic E-state index is 5.85. The van der Waals surface area contributed by atoms with E-state index in [-0.39, 0.29) is 0 Å². The smallest absolute Gasteiger partial charge is 0.124 e. The number of nitrogens with zero attached hydrogens (tertiary/aromatic N) is 1. The molecule has 3 aromatic rings.